The van der Waals surface area contributed by atoms with Crippen molar-refractivity contribution < 1.29 is 9.59 Å². The van der Waals surface area contributed by atoms with Gasteiger partial charge < -0.3 is 0 Å². The topological polar surface area (TPSA) is 34.1 Å². The Kier molecular flexibility index (Phi) is 7.24. The highest BCUT2D eigenvalue weighted by Gasteiger charge is 2.50. The Bertz CT molecular complexity index is 400. The summed E-state index contributed by atoms with van der Waals surface area (Å²) in [5, 5.41) is 0. The second-order valence-electron chi connectivity index (χ2n) is 8.11. The van der Waals surface area contributed by atoms with Crippen molar-refractivity contribution in [3.05, 3.63) is 0 Å². The van der Waals surface area contributed by atoms with Gasteiger partial charge in [-0.25, -0.2) is 0 Å². The van der Waals surface area contributed by atoms with Crippen LogP contribution in [-0.2, 0) is 9.59 Å². The van der Waals surface area contributed by atoms with Crippen LogP contribution >= 0.6 is 7.92 Å². The Labute approximate surface area is 138 Å². The molecule has 0 N–H and O–H groups in total. The number of carbonyl (C=O) groups excluding carboxylic acids is 2. The fourth-order valence-corrected chi connectivity index (χ4v) is 7.30. The van der Waals surface area contributed by atoms with E-state index in [2.05, 4.69) is 41.5 Å². The van der Waals surface area contributed by atoms with Gasteiger partial charge in [-0.3, -0.25) is 9.59 Å². The predicted octanol–water partition coefficient (Wildman–Crippen LogP) is 5.28. The second-order valence-corrected chi connectivity index (χ2v) is 10.8. The highest BCUT2D eigenvalue weighted by molar-refractivity contribution is 7.67. The quantitative estimate of drug-likeness (QED) is 0.404. The normalized spacial score (nSPS) is 24.2. The zero-order valence-electron chi connectivity index (χ0n) is 15.6. The highest BCUT2D eigenvalue weighted by Crippen LogP contribution is 2.69. The fourth-order valence-electron chi connectivity index (χ4n) is 3.43. The molecule has 1 fully saturated rings. The lowest BCUT2D eigenvalue weighted by atomic mass is 9.83. The molecule has 0 radical (unpaired) electrons. The van der Waals surface area contributed by atoms with Crippen LogP contribution in [0, 0.1) is 17.3 Å². The maximum atomic E-state index is 12.3. The zero-order valence-corrected chi connectivity index (χ0v) is 16.5. The molecule has 2 nitrogen and oxygen atoms in total. The first-order chi connectivity index (χ1) is 10.1. The summed E-state index contributed by atoms with van der Waals surface area (Å²) in [7, 11) is -0.0680. The average Bonchev–Trinajstić information content (AvgIpc) is 3.21. The molecule has 0 aromatic rings. The van der Waals surface area contributed by atoms with Gasteiger partial charge >= 0.3 is 0 Å². The Morgan fingerprint density at radius 2 is 1.82 bits per heavy atom. The molecule has 4 unspecified atom stereocenters. The van der Waals surface area contributed by atoms with E-state index in [0.717, 1.165) is 18.5 Å². The summed E-state index contributed by atoms with van der Waals surface area (Å²) >= 11 is 0. The molecule has 22 heavy (non-hydrogen) atoms. The molecule has 0 aliphatic carbocycles. The van der Waals surface area contributed by atoms with Crippen LogP contribution in [0.5, 0.6) is 0 Å². The van der Waals surface area contributed by atoms with E-state index in [1.807, 2.05) is 0 Å². The van der Waals surface area contributed by atoms with Crippen molar-refractivity contribution in [3.63, 3.8) is 0 Å². The summed E-state index contributed by atoms with van der Waals surface area (Å²) in [6.45, 7) is 15.2. The number of ketones is 2. The monoisotopic (exact) mass is 326 g/mol. The smallest absolute Gasteiger partial charge is 0.201 e. The Balaban J connectivity index is 2.80. The summed E-state index contributed by atoms with van der Waals surface area (Å²) in [6, 6.07) is 0. The van der Waals surface area contributed by atoms with E-state index in [4.69, 9.17) is 0 Å². The lowest BCUT2D eigenvalue weighted by Gasteiger charge is -2.32. The van der Waals surface area contributed by atoms with E-state index >= 15 is 0 Å². The van der Waals surface area contributed by atoms with Gasteiger partial charge in [-0.05, 0) is 41.7 Å². The molecule has 128 valence electrons. The Morgan fingerprint density at radius 1 is 1.23 bits per heavy atom. The van der Waals surface area contributed by atoms with Gasteiger partial charge in [0.15, 0.2) is 5.78 Å². The minimum atomic E-state index is -0.240. The van der Waals surface area contributed by atoms with Gasteiger partial charge in [0.25, 0.3) is 0 Å². The van der Waals surface area contributed by atoms with Crippen molar-refractivity contribution >= 4 is 19.5 Å². The molecular weight excluding hydrogens is 291 g/mol. The molecule has 0 saturated carbocycles. The molecule has 1 rings (SSSR count). The molecule has 1 aliphatic rings. The first kappa shape index (κ1) is 19.8. The maximum absolute atomic E-state index is 12.3. The van der Waals surface area contributed by atoms with Crippen LogP contribution < -0.4 is 0 Å². The summed E-state index contributed by atoms with van der Waals surface area (Å²) in [4.78, 5) is 23.8. The third kappa shape index (κ3) is 5.15. The first-order valence-corrected chi connectivity index (χ1v) is 10.6. The third-order valence-corrected chi connectivity index (χ3v) is 8.72. The van der Waals surface area contributed by atoms with Gasteiger partial charge in [0, 0.05) is 12.8 Å². The van der Waals surface area contributed by atoms with Gasteiger partial charge in [-0.1, -0.05) is 62.3 Å². The lowest BCUT2D eigenvalue weighted by Crippen LogP contribution is -2.27. The van der Waals surface area contributed by atoms with Gasteiger partial charge in [-0.15, -0.1) is 0 Å². The molecular formula is C19H35O2P. The standard InChI is InChI=1S/C19H35O2P/c1-8-10-15(18(21)14(5)20)17-12-22(17)16(13(3)4)11-19(6,7)9-2/h13,15-17H,8-12H2,1-7H3. The molecule has 1 heterocycles. The van der Waals surface area contributed by atoms with Crippen molar-refractivity contribution in [2.24, 2.45) is 17.3 Å². The van der Waals surface area contributed by atoms with E-state index in [1.54, 1.807) is 0 Å². The SMILES string of the molecule is CCCC(C(=O)C(C)=O)C1CP1C(CC(C)(C)CC)C(C)C. The van der Waals surface area contributed by atoms with Crippen LogP contribution in [0.3, 0.4) is 0 Å². The highest BCUT2D eigenvalue weighted by atomic mass is 31.1. The number of carbonyl (C=O) groups is 2. The summed E-state index contributed by atoms with van der Waals surface area (Å²) in [6.07, 6.45) is 5.56. The van der Waals surface area contributed by atoms with E-state index < -0.39 is 0 Å². The van der Waals surface area contributed by atoms with Gasteiger partial charge in [0.2, 0.25) is 5.78 Å². The fraction of sp³-hybridized carbons (Fsp3) is 0.895. The summed E-state index contributed by atoms with van der Waals surface area (Å²) in [5.74, 6) is 0.348. The molecule has 0 bridgehead atoms. The largest absolute Gasteiger partial charge is 0.291 e. The van der Waals surface area contributed by atoms with E-state index in [0.29, 0.717) is 17.0 Å². The lowest BCUT2D eigenvalue weighted by molar-refractivity contribution is -0.137. The minimum Gasteiger partial charge on any atom is -0.291 e. The number of rotatable bonds is 10. The minimum absolute atomic E-state index is 0.0135. The van der Waals surface area contributed by atoms with E-state index in [-0.39, 0.29) is 25.4 Å². The molecule has 1 saturated heterocycles. The van der Waals surface area contributed by atoms with Gasteiger partial charge in [0.1, 0.15) is 0 Å². The molecule has 0 aromatic heterocycles. The summed E-state index contributed by atoms with van der Waals surface area (Å²) < 4.78 is 0. The van der Waals surface area contributed by atoms with Crippen molar-refractivity contribution in [1.29, 1.82) is 0 Å². The average molecular weight is 326 g/mol. The predicted molar refractivity (Wildman–Crippen MR) is 97.0 cm³/mol. The molecule has 4 atom stereocenters. The van der Waals surface area contributed by atoms with Gasteiger partial charge in [0.05, 0.1) is 0 Å². The number of hydrogen-bond acceptors (Lipinski definition) is 2. The number of hydrogen-bond donors (Lipinski definition) is 0. The van der Waals surface area contributed by atoms with E-state index in [1.165, 1.54) is 25.9 Å². The number of Topliss-reactive ketones (excluding diaryl/α,β-unsaturated/α-hetero) is 2. The van der Waals surface area contributed by atoms with Crippen LogP contribution in [0.1, 0.15) is 74.1 Å². The molecule has 0 aromatic carbocycles. The van der Waals surface area contributed by atoms with Crippen LogP contribution in [0.2, 0.25) is 0 Å². The second kappa shape index (κ2) is 8.04. The van der Waals surface area contributed by atoms with Crippen LogP contribution in [-0.4, -0.2) is 29.0 Å². The van der Waals surface area contributed by atoms with Crippen LogP contribution in [0.4, 0.5) is 0 Å². The van der Waals surface area contributed by atoms with Crippen molar-refractivity contribution in [2.45, 2.75) is 85.5 Å². The molecule has 3 heteroatoms. The molecule has 0 amide bonds. The van der Waals surface area contributed by atoms with Gasteiger partial charge in [-0.2, -0.15) is 0 Å². The molecule has 0 spiro atoms. The first-order valence-electron chi connectivity index (χ1n) is 8.95. The van der Waals surface area contributed by atoms with E-state index in [9.17, 15) is 9.59 Å². The maximum Gasteiger partial charge on any atom is 0.201 e. The van der Waals surface area contributed by atoms with Crippen molar-refractivity contribution in [1.82, 2.24) is 0 Å². The Hall–Kier alpha value is -0.230. The van der Waals surface area contributed by atoms with Crippen molar-refractivity contribution in [3.8, 4) is 0 Å². The van der Waals surface area contributed by atoms with Crippen LogP contribution in [0.15, 0.2) is 0 Å². The zero-order chi connectivity index (χ0) is 17.1. The van der Waals surface area contributed by atoms with Crippen molar-refractivity contribution in [2.75, 3.05) is 6.16 Å². The van der Waals surface area contributed by atoms with Crippen LogP contribution in [0.25, 0.3) is 0 Å². The third-order valence-electron chi connectivity index (χ3n) is 5.35. The molecule has 1 aliphatic heterocycles. The summed E-state index contributed by atoms with van der Waals surface area (Å²) in [5.41, 5.74) is 1.65. The Morgan fingerprint density at radius 3 is 2.23 bits per heavy atom.